The number of fused-ring (bicyclic) bond motifs is 2. The zero-order valence-corrected chi connectivity index (χ0v) is 13.8. The average molecular weight is 336 g/mol. The number of anilines is 1. The maximum Gasteiger partial charge on any atom is 0.228 e. The Labute approximate surface area is 145 Å². The molecule has 0 unspecified atom stereocenters. The minimum absolute atomic E-state index is 0.0155. The van der Waals surface area contributed by atoms with Gasteiger partial charge in [0.2, 0.25) is 5.91 Å². The van der Waals surface area contributed by atoms with Crippen molar-refractivity contribution in [3.8, 4) is 11.3 Å². The van der Waals surface area contributed by atoms with Crippen LogP contribution in [0.25, 0.3) is 11.3 Å². The standard InChI is InChI=1S/C20H19NO4/c1-11-2-9-16(25-11)12-5-7-15(8-6-12)21-19(22)17-13-3-4-14(10-13)18(17)20(23)24/h2-9,13-14,17-18H,10H2,1H3,(H,21,22)(H,23,24)/p-1/t13-,14-,17-,18+/m1/s1. The summed E-state index contributed by atoms with van der Waals surface area (Å²) < 4.78 is 5.58. The Morgan fingerprint density at radius 3 is 2.32 bits per heavy atom. The van der Waals surface area contributed by atoms with Crippen molar-refractivity contribution >= 4 is 17.6 Å². The highest BCUT2D eigenvalue weighted by Gasteiger charge is 2.48. The maximum atomic E-state index is 12.6. The molecule has 0 radical (unpaired) electrons. The predicted molar refractivity (Wildman–Crippen MR) is 90.2 cm³/mol. The van der Waals surface area contributed by atoms with E-state index in [0.717, 1.165) is 17.1 Å². The Morgan fingerprint density at radius 1 is 1.04 bits per heavy atom. The molecule has 1 aromatic carbocycles. The first-order valence-electron chi connectivity index (χ1n) is 8.40. The van der Waals surface area contributed by atoms with Crippen LogP contribution < -0.4 is 10.4 Å². The molecule has 0 spiro atoms. The smallest absolute Gasteiger partial charge is 0.228 e. The van der Waals surface area contributed by atoms with E-state index in [1.165, 1.54) is 0 Å². The fourth-order valence-corrected chi connectivity index (χ4v) is 4.03. The third-order valence-electron chi connectivity index (χ3n) is 5.21. The fraction of sp³-hybridized carbons (Fsp3) is 0.300. The lowest BCUT2D eigenvalue weighted by Crippen LogP contribution is -2.42. The quantitative estimate of drug-likeness (QED) is 0.869. The van der Waals surface area contributed by atoms with Crippen molar-refractivity contribution in [2.24, 2.45) is 23.7 Å². The molecule has 0 aliphatic heterocycles. The molecule has 4 atom stereocenters. The molecule has 25 heavy (non-hydrogen) atoms. The second-order valence-electron chi connectivity index (χ2n) is 6.80. The molecule has 0 saturated heterocycles. The first-order chi connectivity index (χ1) is 12.0. The Balaban J connectivity index is 1.49. The van der Waals surface area contributed by atoms with Crippen molar-refractivity contribution in [1.29, 1.82) is 0 Å². The minimum atomic E-state index is -1.14. The number of hydrogen-bond acceptors (Lipinski definition) is 4. The molecular formula is C20H18NO4-. The van der Waals surface area contributed by atoms with Gasteiger partial charge in [0.15, 0.2) is 0 Å². The molecule has 2 aliphatic rings. The highest BCUT2D eigenvalue weighted by molar-refractivity contribution is 5.96. The summed E-state index contributed by atoms with van der Waals surface area (Å²) in [5.41, 5.74) is 1.56. The van der Waals surface area contributed by atoms with E-state index in [2.05, 4.69) is 5.32 Å². The molecule has 128 valence electrons. The largest absolute Gasteiger partial charge is 0.550 e. The summed E-state index contributed by atoms with van der Waals surface area (Å²) in [4.78, 5) is 24.0. The molecule has 1 heterocycles. The summed E-state index contributed by atoms with van der Waals surface area (Å²) in [6.07, 6.45) is 4.57. The van der Waals surface area contributed by atoms with Gasteiger partial charge in [0.1, 0.15) is 11.5 Å². The zero-order valence-electron chi connectivity index (χ0n) is 13.8. The fourth-order valence-electron chi connectivity index (χ4n) is 4.03. The van der Waals surface area contributed by atoms with Crippen LogP contribution >= 0.6 is 0 Å². The third-order valence-corrected chi connectivity index (χ3v) is 5.21. The lowest BCUT2D eigenvalue weighted by atomic mass is 9.82. The van der Waals surface area contributed by atoms with Crippen molar-refractivity contribution in [2.75, 3.05) is 5.32 Å². The summed E-state index contributed by atoms with van der Waals surface area (Å²) >= 11 is 0. The SMILES string of the molecule is Cc1ccc(-c2ccc(NC(=O)[C@H]3[C@@H](C(=O)[O-])[C@@H]4C=C[C@@H]3C4)cc2)o1. The maximum absolute atomic E-state index is 12.6. The molecular weight excluding hydrogens is 318 g/mol. The second-order valence-corrected chi connectivity index (χ2v) is 6.80. The molecule has 5 heteroatoms. The van der Waals surface area contributed by atoms with Crippen molar-refractivity contribution in [3.05, 3.63) is 54.3 Å². The van der Waals surface area contributed by atoms with Crippen LogP contribution in [-0.2, 0) is 9.59 Å². The number of nitrogens with one attached hydrogen (secondary N) is 1. The van der Waals surface area contributed by atoms with E-state index in [0.29, 0.717) is 12.1 Å². The molecule has 4 rings (SSSR count). The lowest BCUT2D eigenvalue weighted by Gasteiger charge is -2.27. The van der Waals surface area contributed by atoms with Crippen LogP contribution in [0.4, 0.5) is 5.69 Å². The summed E-state index contributed by atoms with van der Waals surface area (Å²) in [6.45, 7) is 1.88. The molecule has 2 bridgehead atoms. The van der Waals surface area contributed by atoms with Gasteiger partial charge in [-0.25, -0.2) is 0 Å². The highest BCUT2D eigenvalue weighted by atomic mass is 16.4. The van der Waals surface area contributed by atoms with Crippen LogP contribution in [0.2, 0.25) is 0 Å². The van der Waals surface area contributed by atoms with Crippen molar-refractivity contribution in [1.82, 2.24) is 0 Å². The number of allylic oxidation sites excluding steroid dienone is 2. The van der Waals surface area contributed by atoms with E-state index in [-0.39, 0.29) is 17.7 Å². The summed E-state index contributed by atoms with van der Waals surface area (Å²) in [6, 6.07) is 11.1. The molecule has 1 aromatic heterocycles. The van der Waals surface area contributed by atoms with Gasteiger partial charge in [-0.1, -0.05) is 12.2 Å². The number of carbonyl (C=O) groups excluding carboxylic acids is 2. The molecule has 1 N–H and O–H groups in total. The number of amides is 1. The van der Waals surface area contributed by atoms with E-state index < -0.39 is 17.8 Å². The number of carbonyl (C=O) groups is 2. The number of furan rings is 1. The van der Waals surface area contributed by atoms with E-state index in [1.807, 2.05) is 43.3 Å². The Kier molecular flexibility index (Phi) is 3.71. The summed E-state index contributed by atoms with van der Waals surface area (Å²) in [5, 5.41) is 14.3. The predicted octanol–water partition coefficient (Wildman–Crippen LogP) is 2.38. The van der Waals surface area contributed by atoms with Crippen molar-refractivity contribution in [3.63, 3.8) is 0 Å². The normalized spacial score (nSPS) is 26.8. The average Bonchev–Trinajstić information content (AvgIpc) is 3.30. The minimum Gasteiger partial charge on any atom is -0.550 e. The second kappa shape index (κ2) is 5.92. The van der Waals surface area contributed by atoms with E-state index in [9.17, 15) is 14.7 Å². The molecule has 2 aliphatic carbocycles. The number of carboxylic acid groups (broad SMARTS) is 1. The van der Waals surface area contributed by atoms with Crippen LogP contribution in [0, 0.1) is 30.6 Å². The van der Waals surface area contributed by atoms with Gasteiger partial charge < -0.3 is 19.6 Å². The lowest BCUT2D eigenvalue weighted by molar-refractivity contribution is -0.313. The molecule has 2 aromatic rings. The summed E-state index contributed by atoms with van der Waals surface area (Å²) in [5.74, 6) is -1.19. The van der Waals surface area contributed by atoms with Gasteiger partial charge in [0.05, 0.1) is 5.92 Å². The number of hydrogen-bond donors (Lipinski definition) is 1. The van der Waals surface area contributed by atoms with Crippen molar-refractivity contribution < 1.29 is 19.1 Å². The Morgan fingerprint density at radius 2 is 1.72 bits per heavy atom. The van der Waals surface area contributed by atoms with Gasteiger partial charge in [-0.2, -0.15) is 0 Å². The van der Waals surface area contributed by atoms with E-state index >= 15 is 0 Å². The van der Waals surface area contributed by atoms with Gasteiger partial charge in [0.25, 0.3) is 0 Å². The van der Waals surface area contributed by atoms with Gasteiger partial charge in [-0.3, -0.25) is 4.79 Å². The zero-order chi connectivity index (χ0) is 17.6. The number of aliphatic carboxylic acids is 1. The number of rotatable bonds is 4. The Bertz CT molecular complexity index is 849. The monoisotopic (exact) mass is 336 g/mol. The van der Waals surface area contributed by atoms with E-state index in [4.69, 9.17) is 4.42 Å². The number of aryl methyl sites for hydroxylation is 1. The van der Waals surface area contributed by atoms with Crippen LogP contribution in [0.15, 0.2) is 53.0 Å². The van der Waals surface area contributed by atoms with Crippen molar-refractivity contribution in [2.45, 2.75) is 13.3 Å². The van der Waals surface area contributed by atoms with Gasteiger partial charge >= 0.3 is 0 Å². The molecule has 1 fully saturated rings. The Hall–Kier alpha value is -2.82. The highest BCUT2D eigenvalue weighted by Crippen LogP contribution is 2.48. The molecule has 1 saturated carbocycles. The van der Waals surface area contributed by atoms with Crippen LogP contribution in [-0.4, -0.2) is 11.9 Å². The number of carboxylic acids is 1. The van der Waals surface area contributed by atoms with Gasteiger partial charge in [-0.05, 0) is 61.6 Å². The van der Waals surface area contributed by atoms with Crippen LogP contribution in [0.3, 0.4) is 0 Å². The van der Waals surface area contributed by atoms with Crippen LogP contribution in [0.1, 0.15) is 12.2 Å². The first-order valence-corrected chi connectivity index (χ1v) is 8.40. The van der Waals surface area contributed by atoms with Crippen LogP contribution in [0.5, 0.6) is 0 Å². The number of benzene rings is 1. The summed E-state index contributed by atoms with van der Waals surface area (Å²) in [7, 11) is 0. The molecule has 1 amide bonds. The van der Waals surface area contributed by atoms with Gasteiger partial charge in [-0.15, -0.1) is 0 Å². The van der Waals surface area contributed by atoms with Gasteiger partial charge in [0, 0.05) is 23.1 Å². The van der Waals surface area contributed by atoms with E-state index in [1.54, 1.807) is 12.1 Å². The third kappa shape index (κ3) is 2.76. The molecule has 5 nitrogen and oxygen atoms in total. The topological polar surface area (TPSA) is 82.4 Å². The first kappa shape index (κ1) is 15.7.